The molecule has 1 aromatic carbocycles. The number of halogens is 1. The molecule has 94 valence electrons. The molecular formula is C14H19IO2. The summed E-state index contributed by atoms with van der Waals surface area (Å²) in [5.41, 5.74) is 0.416. The van der Waals surface area contributed by atoms with Crippen molar-refractivity contribution in [2.45, 2.75) is 40.0 Å². The zero-order valence-electron chi connectivity index (χ0n) is 10.6. The highest BCUT2D eigenvalue weighted by molar-refractivity contribution is 14.1. The number of ketones is 1. The Morgan fingerprint density at radius 1 is 1.35 bits per heavy atom. The van der Waals surface area contributed by atoms with Gasteiger partial charge in [-0.25, -0.2) is 0 Å². The van der Waals surface area contributed by atoms with E-state index in [1.807, 2.05) is 54.2 Å². The van der Waals surface area contributed by atoms with Gasteiger partial charge in [0.2, 0.25) is 0 Å². The van der Waals surface area contributed by atoms with Crippen LogP contribution in [0.4, 0.5) is 0 Å². The minimum atomic E-state index is -0.278. The first-order valence-corrected chi connectivity index (χ1v) is 6.89. The molecular weight excluding hydrogens is 327 g/mol. The van der Waals surface area contributed by atoms with Crippen LogP contribution in [-0.2, 0) is 0 Å². The van der Waals surface area contributed by atoms with Crippen molar-refractivity contribution in [3.63, 3.8) is 0 Å². The fourth-order valence-electron chi connectivity index (χ4n) is 2.05. The van der Waals surface area contributed by atoms with Gasteiger partial charge in [0.15, 0.2) is 28.8 Å². The first-order chi connectivity index (χ1) is 8.09. The maximum Gasteiger partial charge on any atom is 0.192 e. The molecule has 1 aromatic rings. The van der Waals surface area contributed by atoms with Gasteiger partial charge in [-0.05, 0) is 25.0 Å². The van der Waals surface area contributed by atoms with Crippen LogP contribution in [0.3, 0.4) is 0 Å². The lowest BCUT2D eigenvalue weighted by molar-refractivity contribution is 0.0792. The van der Waals surface area contributed by atoms with Crippen LogP contribution in [0.15, 0.2) is 24.3 Å². The van der Waals surface area contributed by atoms with E-state index in [0.29, 0.717) is 11.3 Å². The van der Waals surface area contributed by atoms with E-state index in [4.69, 9.17) is 3.07 Å². The maximum absolute atomic E-state index is 12.6. The van der Waals surface area contributed by atoms with Gasteiger partial charge in [-0.2, -0.15) is 0 Å². The number of hydrogen-bond acceptors (Lipinski definition) is 2. The zero-order chi connectivity index (χ0) is 12.9. The third-order valence-corrected chi connectivity index (χ3v) is 3.82. The summed E-state index contributed by atoms with van der Waals surface area (Å²) in [5, 5.41) is 0. The Kier molecular flexibility index (Phi) is 5.43. The van der Waals surface area contributed by atoms with Gasteiger partial charge < -0.3 is 3.07 Å². The number of carbonyl (C=O) groups is 1. The molecule has 1 atom stereocenters. The van der Waals surface area contributed by atoms with Gasteiger partial charge >= 0.3 is 0 Å². The molecule has 17 heavy (non-hydrogen) atoms. The molecule has 0 heterocycles. The quantitative estimate of drug-likeness (QED) is 0.546. The van der Waals surface area contributed by atoms with Crippen LogP contribution in [0.2, 0.25) is 0 Å². The van der Waals surface area contributed by atoms with E-state index >= 15 is 0 Å². The molecule has 0 spiro atoms. The minimum Gasteiger partial charge on any atom is -0.427 e. The molecule has 0 aromatic heterocycles. The first kappa shape index (κ1) is 14.5. The monoisotopic (exact) mass is 346 g/mol. The van der Waals surface area contributed by atoms with Crippen LogP contribution in [0.1, 0.15) is 50.4 Å². The van der Waals surface area contributed by atoms with E-state index in [2.05, 4.69) is 13.8 Å². The molecule has 0 radical (unpaired) electrons. The number of hydrogen-bond donors (Lipinski definition) is 0. The van der Waals surface area contributed by atoms with Crippen LogP contribution in [0.5, 0.6) is 5.75 Å². The van der Waals surface area contributed by atoms with E-state index < -0.39 is 0 Å². The van der Waals surface area contributed by atoms with Gasteiger partial charge in [0.05, 0.1) is 5.56 Å². The second kappa shape index (κ2) is 6.38. The number of carbonyl (C=O) groups excluding carboxylic acids is 1. The highest BCUT2D eigenvalue weighted by atomic mass is 127. The van der Waals surface area contributed by atoms with Gasteiger partial charge in [-0.3, -0.25) is 4.79 Å². The molecule has 2 nitrogen and oxygen atoms in total. The number of para-hydroxylation sites is 1. The summed E-state index contributed by atoms with van der Waals surface area (Å²) < 4.78 is 5.23. The summed E-state index contributed by atoms with van der Waals surface area (Å²) in [6.07, 6.45) is 2.79. The Hall–Kier alpha value is -0.580. The van der Waals surface area contributed by atoms with E-state index in [9.17, 15) is 4.79 Å². The average molecular weight is 346 g/mol. The van der Waals surface area contributed by atoms with Gasteiger partial charge in [0, 0.05) is 5.41 Å². The molecule has 1 rings (SSSR count). The van der Waals surface area contributed by atoms with E-state index in [0.717, 1.165) is 19.3 Å². The first-order valence-electron chi connectivity index (χ1n) is 6.01. The van der Waals surface area contributed by atoms with Crippen molar-refractivity contribution in [3.8, 4) is 5.75 Å². The topological polar surface area (TPSA) is 26.3 Å². The molecule has 0 aliphatic heterocycles. The van der Waals surface area contributed by atoms with Gasteiger partial charge in [-0.1, -0.05) is 39.3 Å². The van der Waals surface area contributed by atoms with E-state index in [1.54, 1.807) is 0 Å². The Balaban J connectivity index is 3.10. The van der Waals surface area contributed by atoms with Crippen LogP contribution < -0.4 is 3.07 Å². The van der Waals surface area contributed by atoms with Crippen LogP contribution in [-0.4, -0.2) is 5.78 Å². The molecule has 0 fully saturated rings. The smallest absolute Gasteiger partial charge is 0.192 e. The number of rotatable bonds is 6. The Morgan fingerprint density at radius 3 is 2.53 bits per heavy atom. The van der Waals surface area contributed by atoms with Crippen molar-refractivity contribution in [1.29, 1.82) is 0 Å². The lowest BCUT2D eigenvalue weighted by atomic mass is 9.76. The summed E-state index contributed by atoms with van der Waals surface area (Å²) in [4.78, 5) is 12.6. The van der Waals surface area contributed by atoms with Crippen LogP contribution in [0.25, 0.3) is 0 Å². The fourth-order valence-corrected chi connectivity index (χ4v) is 2.43. The summed E-state index contributed by atoms with van der Waals surface area (Å²) >= 11 is 1.82. The number of Topliss-reactive ketones (excluding diaryl/α,β-unsaturated/α-hetero) is 1. The van der Waals surface area contributed by atoms with Crippen molar-refractivity contribution in [3.05, 3.63) is 29.8 Å². The zero-order valence-corrected chi connectivity index (χ0v) is 12.8. The molecule has 0 amide bonds. The Bertz CT molecular complexity index is 390. The normalized spacial score (nSPS) is 14.1. The van der Waals surface area contributed by atoms with Gasteiger partial charge in [-0.15, -0.1) is 0 Å². The summed E-state index contributed by atoms with van der Waals surface area (Å²) in [5.74, 6) is 0.850. The van der Waals surface area contributed by atoms with E-state index in [-0.39, 0.29) is 11.2 Å². The molecule has 3 heteroatoms. The standard InChI is InChI=1S/C14H19IO2/c1-4-10-14(3,5-2)13(16)11-8-6-7-9-12(11)17-15/h6-9H,4-5,10H2,1-3H3. The largest absolute Gasteiger partial charge is 0.427 e. The molecule has 1 unspecified atom stereocenters. The predicted molar refractivity (Wildman–Crippen MR) is 78.7 cm³/mol. The van der Waals surface area contributed by atoms with Crippen molar-refractivity contribution in [2.24, 2.45) is 5.41 Å². The van der Waals surface area contributed by atoms with Crippen molar-refractivity contribution in [2.75, 3.05) is 0 Å². The Morgan fingerprint density at radius 2 is 2.00 bits per heavy atom. The number of benzene rings is 1. The van der Waals surface area contributed by atoms with E-state index in [1.165, 1.54) is 0 Å². The van der Waals surface area contributed by atoms with Crippen molar-refractivity contribution >= 4 is 28.8 Å². The summed E-state index contributed by atoms with van der Waals surface area (Å²) in [6, 6.07) is 7.45. The second-order valence-electron chi connectivity index (χ2n) is 4.57. The summed E-state index contributed by atoms with van der Waals surface area (Å²) in [7, 11) is 0. The average Bonchev–Trinajstić information content (AvgIpc) is 2.38. The highest BCUT2D eigenvalue weighted by Gasteiger charge is 2.32. The molecule has 0 bridgehead atoms. The lowest BCUT2D eigenvalue weighted by Crippen LogP contribution is -2.27. The highest BCUT2D eigenvalue weighted by Crippen LogP contribution is 2.35. The second-order valence-corrected chi connectivity index (χ2v) is 5.01. The van der Waals surface area contributed by atoms with Crippen molar-refractivity contribution < 1.29 is 7.86 Å². The Labute approximate surface area is 117 Å². The predicted octanol–water partition coefficient (Wildman–Crippen LogP) is 4.81. The van der Waals surface area contributed by atoms with Crippen LogP contribution in [0, 0.1) is 5.41 Å². The third-order valence-electron chi connectivity index (χ3n) is 3.35. The van der Waals surface area contributed by atoms with Gasteiger partial charge in [0.25, 0.3) is 0 Å². The molecule has 0 saturated heterocycles. The fraction of sp³-hybridized carbons (Fsp3) is 0.500. The van der Waals surface area contributed by atoms with Crippen LogP contribution >= 0.6 is 23.0 Å². The SMILES string of the molecule is CCCC(C)(CC)C(=O)c1ccccc1OI. The third kappa shape index (κ3) is 3.21. The molecule has 0 N–H and O–H groups in total. The molecule has 0 aliphatic carbocycles. The van der Waals surface area contributed by atoms with Gasteiger partial charge in [0.1, 0.15) is 5.75 Å². The minimum absolute atomic E-state index is 0.189. The van der Waals surface area contributed by atoms with Crippen molar-refractivity contribution in [1.82, 2.24) is 0 Å². The summed E-state index contributed by atoms with van der Waals surface area (Å²) in [6.45, 7) is 6.23. The molecule has 0 aliphatic rings. The molecule has 0 saturated carbocycles. The lowest BCUT2D eigenvalue weighted by Gasteiger charge is -2.26. The maximum atomic E-state index is 12.6.